The van der Waals surface area contributed by atoms with Gasteiger partial charge in [0.1, 0.15) is 0 Å². The minimum absolute atomic E-state index is 0.656. The summed E-state index contributed by atoms with van der Waals surface area (Å²) in [6.07, 6.45) is 9.75. The molecule has 0 saturated carbocycles. The second-order valence-corrected chi connectivity index (χ2v) is 3.65. The van der Waals surface area contributed by atoms with Crippen LogP contribution in [0.25, 0.3) is 0 Å². The molecule has 0 rings (SSSR count). The van der Waals surface area contributed by atoms with Gasteiger partial charge in [0.2, 0.25) is 0 Å². The van der Waals surface area contributed by atoms with Crippen molar-refractivity contribution in [3.63, 3.8) is 0 Å². The van der Waals surface area contributed by atoms with Crippen LogP contribution in [0, 0.1) is 18.3 Å². The fraction of sp³-hybridized carbons (Fsp3) is 0.833. The number of unbranched alkanes of at least 4 members (excludes halogenated alkanes) is 1. The predicted molar refractivity (Wildman–Crippen MR) is 59.6 cm³/mol. The zero-order valence-corrected chi connectivity index (χ0v) is 9.27. The van der Waals surface area contributed by atoms with E-state index in [0.717, 1.165) is 25.3 Å². The topological polar surface area (TPSA) is 12.0 Å². The van der Waals surface area contributed by atoms with Crippen LogP contribution in [0.3, 0.4) is 0 Å². The summed E-state index contributed by atoms with van der Waals surface area (Å²) in [6, 6.07) is 0.656. The maximum atomic E-state index is 5.23. The third-order valence-electron chi connectivity index (χ3n) is 2.63. The van der Waals surface area contributed by atoms with Gasteiger partial charge in [-0.05, 0) is 25.3 Å². The maximum absolute atomic E-state index is 5.23. The molecule has 0 spiro atoms. The smallest absolute Gasteiger partial charge is 0.00928 e. The third-order valence-corrected chi connectivity index (χ3v) is 2.63. The highest BCUT2D eigenvalue weighted by Gasteiger charge is 2.13. The van der Waals surface area contributed by atoms with Crippen LogP contribution in [0.15, 0.2) is 0 Å². The molecule has 1 heteroatoms. The molecule has 0 bridgehead atoms. The number of hydrogen-bond donors (Lipinski definition) is 1. The lowest BCUT2D eigenvalue weighted by molar-refractivity contribution is 0.349. The SMILES string of the molecule is C#CCCCC(NCC)C(C)CC. The van der Waals surface area contributed by atoms with Crippen molar-refractivity contribution in [3.05, 3.63) is 0 Å². The quantitative estimate of drug-likeness (QED) is 0.470. The van der Waals surface area contributed by atoms with Crippen LogP contribution < -0.4 is 5.32 Å². The summed E-state index contributed by atoms with van der Waals surface area (Å²) in [6.45, 7) is 7.78. The first kappa shape index (κ1) is 12.5. The van der Waals surface area contributed by atoms with Gasteiger partial charge in [-0.2, -0.15) is 0 Å². The Morgan fingerprint density at radius 3 is 2.54 bits per heavy atom. The monoisotopic (exact) mass is 181 g/mol. The van der Waals surface area contributed by atoms with Gasteiger partial charge in [0.25, 0.3) is 0 Å². The van der Waals surface area contributed by atoms with Gasteiger partial charge in [-0.25, -0.2) is 0 Å². The predicted octanol–water partition coefficient (Wildman–Crippen LogP) is 2.81. The number of rotatable bonds is 7. The average molecular weight is 181 g/mol. The van der Waals surface area contributed by atoms with Gasteiger partial charge in [0, 0.05) is 12.5 Å². The minimum Gasteiger partial charge on any atom is -0.314 e. The van der Waals surface area contributed by atoms with Crippen LogP contribution in [-0.2, 0) is 0 Å². The summed E-state index contributed by atoms with van der Waals surface area (Å²) in [4.78, 5) is 0. The van der Waals surface area contributed by atoms with E-state index < -0.39 is 0 Å². The Morgan fingerprint density at radius 2 is 2.08 bits per heavy atom. The molecule has 1 N–H and O–H groups in total. The Balaban J connectivity index is 3.73. The van der Waals surface area contributed by atoms with Crippen molar-refractivity contribution >= 4 is 0 Å². The van der Waals surface area contributed by atoms with Crippen molar-refractivity contribution in [2.45, 2.75) is 52.5 Å². The van der Waals surface area contributed by atoms with Crippen molar-refractivity contribution < 1.29 is 0 Å². The number of hydrogen-bond acceptors (Lipinski definition) is 1. The first-order chi connectivity index (χ1) is 6.26. The molecule has 2 unspecified atom stereocenters. The summed E-state index contributed by atoms with van der Waals surface area (Å²) in [7, 11) is 0. The van der Waals surface area contributed by atoms with Gasteiger partial charge in [0.15, 0.2) is 0 Å². The molecule has 0 aromatic rings. The Labute approximate surface area is 83.3 Å². The molecule has 0 aliphatic carbocycles. The first-order valence-electron chi connectivity index (χ1n) is 5.43. The zero-order valence-electron chi connectivity index (χ0n) is 9.27. The van der Waals surface area contributed by atoms with Crippen molar-refractivity contribution in [1.82, 2.24) is 5.32 Å². The second-order valence-electron chi connectivity index (χ2n) is 3.65. The van der Waals surface area contributed by atoms with E-state index in [4.69, 9.17) is 6.42 Å². The lowest BCUT2D eigenvalue weighted by Crippen LogP contribution is -2.34. The van der Waals surface area contributed by atoms with Crippen LogP contribution >= 0.6 is 0 Å². The zero-order chi connectivity index (χ0) is 10.1. The maximum Gasteiger partial charge on any atom is 0.00928 e. The molecule has 13 heavy (non-hydrogen) atoms. The Bertz CT molecular complexity index is 146. The molecule has 0 heterocycles. The molecule has 0 radical (unpaired) electrons. The Hall–Kier alpha value is -0.480. The van der Waals surface area contributed by atoms with Gasteiger partial charge in [0.05, 0.1) is 0 Å². The summed E-state index contributed by atoms with van der Waals surface area (Å²) in [5, 5.41) is 3.52. The Kier molecular flexibility index (Phi) is 7.83. The van der Waals surface area contributed by atoms with Gasteiger partial charge < -0.3 is 5.32 Å². The lowest BCUT2D eigenvalue weighted by atomic mass is 9.94. The lowest BCUT2D eigenvalue weighted by Gasteiger charge is -2.23. The van der Waals surface area contributed by atoms with Crippen molar-refractivity contribution in [2.24, 2.45) is 5.92 Å². The first-order valence-corrected chi connectivity index (χ1v) is 5.43. The van der Waals surface area contributed by atoms with Crippen LogP contribution in [0.1, 0.15) is 46.5 Å². The molecule has 0 aromatic carbocycles. The van der Waals surface area contributed by atoms with Gasteiger partial charge >= 0.3 is 0 Å². The van der Waals surface area contributed by atoms with E-state index in [-0.39, 0.29) is 0 Å². The molecule has 0 aliphatic rings. The molecular weight excluding hydrogens is 158 g/mol. The van der Waals surface area contributed by atoms with Crippen molar-refractivity contribution in [2.75, 3.05) is 6.54 Å². The summed E-state index contributed by atoms with van der Waals surface area (Å²) in [5.41, 5.74) is 0. The third kappa shape index (κ3) is 5.71. The summed E-state index contributed by atoms with van der Waals surface area (Å²) >= 11 is 0. The van der Waals surface area contributed by atoms with Crippen molar-refractivity contribution in [3.8, 4) is 12.3 Å². The number of nitrogens with one attached hydrogen (secondary N) is 1. The van der Waals surface area contributed by atoms with Crippen LogP contribution in [0.5, 0.6) is 0 Å². The van der Waals surface area contributed by atoms with Gasteiger partial charge in [-0.3, -0.25) is 0 Å². The van der Waals surface area contributed by atoms with E-state index in [2.05, 4.69) is 32.0 Å². The molecule has 1 nitrogen and oxygen atoms in total. The van der Waals surface area contributed by atoms with Gasteiger partial charge in [-0.15, -0.1) is 12.3 Å². The molecular formula is C12H23N. The van der Waals surface area contributed by atoms with E-state index >= 15 is 0 Å². The molecule has 2 atom stereocenters. The summed E-state index contributed by atoms with van der Waals surface area (Å²) < 4.78 is 0. The van der Waals surface area contributed by atoms with Crippen LogP contribution in [0.2, 0.25) is 0 Å². The fourth-order valence-electron chi connectivity index (χ4n) is 1.56. The Morgan fingerprint density at radius 1 is 1.38 bits per heavy atom. The molecule has 0 fully saturated rings. The van der Waals surface area contributed by atoms with E-state index in [1.54, 1.807) is 0 Å². The standard InChI is InChI=1S/C12H23N/c1-5-8-9-10-12(13-7-3)11(4)6-2/h1,11-13H,6-10H2,2-4H3. The van der Waals surface area contributed by atoms with E-state index in [1.807, 2.05) is 0 Å². The highest BCUT2D eigenvalue weighted by Crippen LogP contribution is 2.13. The molecule has 0 saturated heterocycles. The average Bonchev–Trinajstić information content (AvgIpc) is 2.16. The fourth-order valence-corrected chi connectivity index (χ4v) is 1.56. The molecule has 0 aromatic heterocycles. The molecule has 0 amide bonds. The number of terminal acetylenes is 1. The van der Waals surface area contributed by atoms with Crippen molar-refractivity contribution in [1.29, 1.82) is 0 Å². The highest BCUT2D eigenvalue weighted by atomic mass is 14.9. The van der Waals surface area contributed by atoms with E-state index in [1.165, 1.54) is 12.8 Å². The second kappa shape index (κ2) is 8.13. The highest BCUT2D eigenvalue weighted by molar-refractivity contribution is 4.84. The van der Waals surface area contributed by atoms with Crippen LogP contribution in [-0.4, -0.2) is 12.6 Å². The molecule has 76 valence electrons. The van der Waals surface area contributed by atoms with Gasteiger partial charge in [-0.1, -0.05) is 27.2 Å². The summed E-state index contributed by atoms with van der Waals surface area (Å²) in [5.74, 6) is 3.46. The molecule has 0 aliphatic heterocycles. The van der Waals surface area contributed by atoms with Crippen LogP contribution in [0.4, 0.5) is 0 Å². The normalized spacial score (nSPS) is 14.9. The minimum atomic E-state index is 0.656. The largest absolute Gasteiger partial charge is 0.314 e. The van der Waals surface area contributed by atoms with E-state index in [9.17, 15) is 0 Å². The van der Waals surface area contributed by atoms with E-state index in [0.29, 0.717) is 6.04 Å².